The first kappa shape index (κ1) is 31.5. The van der Waals surface area contributed by atoms with Gasteiger partial charge in [-0.3, -0.25) is 9.59 Å². The van der Waals surface area contributed by atoms with E-state index in [2.05, 4.69) is 39.9 Å². The first-order chi connectivity index (χ1) is 19.0. The summed E-state index contributed by atoms with van der Waals surface area (Å²) in [5, 5.41) is 3.17. The highest BCUT2D eigenvalue weighted by Gasteiger charge is 2.68. The van der Waals surface area contributed by atoms with Crippen molar-refractivity contribution in [3.8, 4) is 11.5 Å². The molecule has 4 fully saturated rings. The molecular formula is C32H44BClN2O5. The molecule has 3 aliphatic carbocycles. The van der Waals surface area contributed by atoms with Crippen molar-refractivity contribution in [2.24, 2.45) is 34.8 Å². The quantitative estimate of drug-likeness (QED) is 0.255. The van der Waals surface area contributed by atoms with Gasteiger partial charge in [0.2, 0.25) is 5.91 Å². The number of rotatable bonds is 11. The average molecular weight is 583 g/mol. The Hall–Kier alpha value is -2.39. The zero-order valence-corrected chi connectivity index (χ0v) is 25.6. The summed E-state index contributed by atoms with van der Waals surface area (Å²) in [6.45, 7) is 11.2. The van der Waals surface area contributed by atoms with E-state index in [1.54, 1.807) is 24.3 Å². The second-order valence-corrected chi connectivity index (χ2v) is 13.1. The predicted molar refractivity (Wildman–Crippen MR) is 163 cm³/mol. The number of carbonyl (C=O) groups excluding carboxylic acids is 2. The van der Waals surface area contributed by atoms with E-state index in [1.165, 1.54) is 6.42 Å². The Morgan fingerprint density at radius 1 is 1.05 bits per heavy atom. The molecule has 2 aromatic rings. The largest absolute Gasteiger partial charge is 0.481 e. The number of Topliss-reactive ketones (excluding diaryl/α,β-unsaturated/α-hetero) is 1. The smallest absolute Gasteiger partial charge is 0.457 e. The monoisotopic (exact) mass is 582 g/mol. The maximum absolute atomic E-state index is 13.4. The number of hydrogen-bond acceptors (Lipinski definition) is 6. The van der Waals surface area contributed by atoms with Crippen LogP contribution in [0.3, 0.4) is 0 Å². The zero-order valence-electron chi connectivity index (χ0n) is 24.8. The first-order valence-corrected chi connectivity index (χ1v) is 14.7. The summed E-state index contributed by atoms with van der Waals surface area (Å²) in [6, 6.07) is 16.4. The van der Waals surface area contributed by atoms with Gasteiger partial charge in [0.1, 0.15) is 11.5 Å². The standard InChI is InChI=1S/C32H43BN2O5.ClH/c1-20(2)15-29(33-39-28-18-23-17-27(31(23,3)4)32(28,5)40-33)35-30(37)22(19-34)16-26(36)21-11-13-25(14-12-21)38-24-9-7-6-8-10-24;/h6-14,20,22-23,27-29H,15-19,34H2,1-5H3,(H,35,37);1H/t22-,23-,27-,28+,29-,32-;/m0./s1. The van der Waals surface area contributed by atoms with Gasteiger partial charge in [-0.15, -0.1) is 12.4 Å². The van der Waals surface area contributed by atoms with Gasteiger partial charge in [0.05, 0.1) is 23.6 Å². The third kappa shape index (κ3) is 6.36. The van der Waals surface area contributed by atoms with E-state index in [0.29, 0.717) is 35.5 Å². The number of nitrogens with one attached hydrogen (secondary N) is 1. The minimum absolute atomic E-state index is 0. The Bertz CT molecular complexity index is 1210. The van der Waals surface area contributed by atoms with E-state index in [-0.39, 0.29) is 60.1 Å². The number of amides is 1. The summed E-state index contributed by atoms with van der Waals surface area (Å²) in [4.78, 5) is 26.5. The lowest BCUT2D eigenvalue weighted by Gasteiger charge is -2.64. The van der Waals surface area contributed by atoms with E-state index in [1.807, 2.05) is 30.3 Å². The van der Waals surface area contributed by atoms with Crippen LogP contribution in [0.15, 0.2) is 54.6 Å². The summed E-state index contributed by atoms with van der Waals surface area (Å²) in [7, 11) is -0.511. The van der Waals surface area contributed by atoms with Crippen molar-refractivity contribution in [2.45, 2.75) is 77.9 Å². The molecular weight excluding hydrogens is 539 g/mol. The van der Waals surface area contributed by atoms with E-state index in [4.69, 9.17) is 19.8 Å². The van der Waals surface area contributed by atoms with Gasteiger partial charge >= 0.3 is 7.12 Å². The Labute approximate surface area is 250 Å². The molecule has 9 heteroatoms. The highest BCUT2D eigenvalue weighted by molar-refractivity contribution is 6.47. The van der Waals surface area contributed by atoms with Crippen LogP contribution in [0.2, 0.25) is 0 Å². The van der Waals surface area contributed by atoms with Crippen molar-refractivity contribution in [3.05, 3.63) is 60.2 Å². The average Bonchev–Trinajstić information content (AvgIpc) is 3.29. The predicted octanol–water partition coefficient (Wildman–Crippen LogP) is 5.85. The SMILES string of the molecule is CC(C)C[C@H](NC(=O)[C@H](CN)CC(=O)c1ccc(Oc2ccccc2)cc1)B1O[C@@H]2C[C@@H]3C[C@@H](C3(C)C)[C@]2(C)O1.Cl. The highest BCUT2D eigenvalue weighted by atomic mass is 35.5. The summed E-state index contributed by atoms with van der Waals surface area (Å²) < 4.78 is 19.0. The van der Waals surface area contributed by atoms with Gasteiger partial charge in [0.25, 0.3) is 0 Å². The number of halogens is 1. The number of ketones is 1. The molecule has 7 nitrogen and oxygen atoms in total. The molecule has 41 heavy (non-hydrogen) atoms. The van der Waals surface area contributed by atoms with Crippen LogP contribution in [-0.2, 0) is 14.1 Å². The topological polar surface area (TPSA) is 99.9 Å². The van der Waals surface area contributed by atoms with E-state index < -0.39 is 13.0 Å². The van der Waals surface area contributed by atoms with E-state index in [0.717, 1.165) is 12.2 Å². The third-order valence-electron chi connectivity index (χ3n) is 9.59. The molecule has 6 rings (SSSR count). The van der Waals surface area contributed by atoms with Crippen molar-refractivity contribution >= 4 is 31.2 Å². The molecule has 3 saturated carbocycles. The second kappa shape index (κ2) is 12.5. The van der Waals surface area contributed by atoms with Crippen LogP contribution in [0.25, 0.3) is 0 Å². The van der Waals surface area contributed by atoms with Crippen molar-refractivity contribution in [1.29, 1.82) is 0 Å². The number of ether oxygens (including phenoxy) is 1. The lowest BCUT2D eigenvalue weighted by Crippen LogP contribution is -2.65. The van der Waals surface area contributed by atoms with Crippen molar-refractivity contribution in [2.75, 3.05) is 6.54 Å². The lowest BCUT2D eigenvalue weighted by molar-refractivity contribution is -0.199. The molecule has 1 aliphatic heterocycles. The minimum Gasteiger partial charge on any atom is -0.457 e. The van der Waals surface area contributed by atoms with Gasteiger partial charge in [-0.25, -0.2) is 0 Å². The van der Waals surface area contributed by atoms with Gasteiger partial charge in [-0.1, -0.05) is 45.9 Å². The molecule has 0 spiro atoms. The molecule has 2 aromatic carbocycles. The summed E-state index contributed by atoms with van der Waals surface area (Å²) in [6.07, 6.45) is 2.95. The number of nitrogens with two attached hydrogens (primary N) is 1. The van der Waals surface area contributed by atoms with Crippen LogP contribution in [0.1, 0.15) is 70.7 Å². The van der Waals surface area contributed by atoms with Gasteiger partial charge < -0.3 is 25.1 Å². The van der Waals surface area contributed by atoms with Crippen molar-refractivity contribution in [1.82, 2.24) is 5.32 Å². The minimum atomic E-state index is -0.645. The van der Waals surface area contributed by atoms with Crippen LogP contribution in [0.4, 0.5) is 0 Å². The van der Waals surface area contributed by atoms with Crippen LogP contribution in [0, 0.1) is 29.1 Å². The lowest BCUT2D eigenvalue weighted by atomic mass is 9.43. The normalized spacial score (nSPS) is 27.2. The first-order valence-electron chi connectivity index (χ1n) is 14.7. The van der Waals surface area contributed by atoms with Gasteiger partial charge in [0, 0.05) is 18.5 Å². The fourth-order valence-corrected chi connectivity index (χ4v) is 7.08. The van der Waals surface area contributed by atoms with Crippen LogP contribution in [0.5, 0.6) is 11.5 Å². The third-order valence-corrected chi connectivity index (χ3v) is 9.59. The molecule has 1 saturated heterocycles. The molecule has 222 valence electrons. The molecule has 0 radical (unpaired) electrons. The summed E-state index contributed by atoms with van der Waals surface area (Å²) >= 11 is 0. The number of carbonyl (C=O) groups is 2. The molecule has 0 aromatic heterocycles. The molecule has 2 bridgehead atoms. The van der Waals surface area contributed by atoms with E-state index >= 15 is 0 Å². The zero-order chi connectivity index (χ0) is 28.7. The number of benzene rings is 2. The summed E-state index contributed by atoms with van der Waals surface area (Å²) in [5.41, 5.74) is 6.44. The molecule has 1 heterocycles. The molecule has 4 aliphatic rings. The molecule has 0 unspecified atom stereocenters. The highest BCUT2D eigenvalue weighted by Crippen LogP contribution is 2.65. The maximum Gasteiger partial charge on any atom is 0.481 e. The molecule has 3 N–H and O–H groups in total. The van der Waals surface area contributed by atoms with Crippen LogP contribution >= 0.6 is 12.4 Å². The second-order valence-electron chi connectivity index (χ2n) is 13.1. The Kier molecular flexibility index (Phi) is 9.59. The Balaban J connectivity index is 0.00000387. The van der Waals surface area contributed by atoms with Crippen LogP contribution < -0.4 is 15.8 Å². The Morgan fingerprint density at radius 2 is 1.71 bits per heavy atom. The fraction of sp³-hybridized carbons (Fsp3) is 0.562. The molecule has 1 amide bonds. The summed E-state index contributed by atoms with van der Waals surface area (Å²) in [5.74, 6) is 1.47. The number of hydrogen-bond donors (Lipinski definition) is 2. The van der Waals surface area contributed by atoms with Gasteiger partial charge in [-0.2, -0.15) is 0 Å². The molecule has 6 atom stereocenters. The fourth-order valence-electron chi connectivity index (χ4n) is 7.08. The van der Waals surface area contributed by atoms with Crippen LogP contribution in [-0.4, -0.2) is 43.0 Å². The van der Waals surface area contributed by atoms with Gasteiger partial charge in [0.15, 0.2) is 5.78 Å². The van der Waals surface area contributed by atoms with E-state index in [9.17, 15) is 9.59 Å². The van der Waals surface area contributed by atoms with Gasteiger partial charge in [-0.05, 0) is 85.8 Å². The number of para-hydroxylation sites is 1. The van der Waals surface area contributed by atoms with Crippen molar-refractivity contribution in [3.63, 3.8) is 0 Å². The Morgan fingerprint density at radius 3 is 2.32 bits per heavy atom. The van der Waals surface area contributed by atoms with Crippen molar-refractivity contribution < 1.29 is 23.6 Å². The maximum atomic E-state index is 13.4.